The Morgan fingerprint density at radius 2 is 1.81 bits per heavy atom. The maximum atomic E-state index is 13.5. The highest BCUT2D eigenvalue weighted by Gasteiger charge is 2.35. The van der Waals surface area contributed by atoms with Crippen LogP contribution in [0.2, 0.25) is 0 Å². The fraction of sp³-hybridized carbons (Fsp3) is 0.586. The number of nitrogens with zero attached hydrogens (tertiary/aromatic N) is 4. The van der Waals surface area contributed by atoms with E-state index in [1.165, 1.54) is 35.9 Å². The molecule has 0 spiro atoms. The van der Waals surface area contributed by atoms with Crippen molar-refractivity contribution in [3.05, 3.63) is 52.5 Å². The Labute approximate surface area is 214 Å². The number of aryl methyl sites for hydroxylation is 1. The number of aromatic nitrogens is 2. The van der Waals surface area contributed by atoms with E-state index in [1.54, 1.807) is 7.11 Å². The number of fused-ring (bicyclic) bond motifs is 1. The Morgan fingerprint density at radius 1 is 1.03 bits per heavy atom. The Bertz CT molecular complexity index is 1120. The largest absolute Gasteiger partial charge is 0.381 e. The van der Waals surface area contributed by atoms with Gasteiger partial charge in [0, 0.05) is 56.4 Å². The van der Waals surface area contributed by atoms with Crippen molar-refractivity contribution in [3.63, 3.8) is 0 Å². The molecule has 1 saturated carbocycles. The van der Waals surface area contributed by atoms with Crippen molar-refractivity contribution in [1.29, 1.82) is 5.41 Å². The van der Waals surface area contributed by atoms with Crippen molar-refractivity contribution in [1.82, 2.24) is 14.9 Å². The molecule has 2 aromatic rings. The van der Waals surface area contributed by atoms with Gasteiger partial charge in [-0.15, -0.1) is 0 Å². The third-order valence-corrected chi connectivity index (χ3v) is 8.56. The zero-order valence-corrected chi connectivity index (χ0v) is 21.9. The number of hydrogen-bond acceptors (Lipinski definition) is 6. The Hall–Kier alpha value is -2.80. The van der Waals surface area contributed by atoms with Crippen LogP contribution in [0.4, 0.5) is 5.82 Å². The smallest absolute Gasteiger partial charge is 0.272 e. The fourth-order valence-corrected chi connectivity index (χ4v) is 6.42. The number of nitrogens with one attached hydrogen (secondary N) is 1. The topological polar surface area (TPSA) is 82.4 Å². The zero-order valence-electron chi connectivity index (χ0n) is 21.9. The number of anilines is 1. The summed E-state index contributed by atoms with van der Waals surface area (Å²) < 4.78 is 5.71. The van der Waals surface area contributed by atoms with Gasteiger partial charge < -0.3 is 19.9 Å². The lowest BCUT2D eigenvalue weighted by molar-refractivity contribution is 0.0448. The minimum atomic E-state index is -0.0122. The normalized spacial score (nSPS) is 22.9. The van der Waals surface area contributed by atoms with Gasteiger partial charge in [-0.25, -0.2) is 9.97 Å². The van der Waals surface area contributed by atoms with Gasteiger partial charge in [-0.1, -0.05) is 36.6 Å². The molecule has 1 aliphatic carbocycles. The molecule has 1 aromatic heterocycles. The summed E-state index contributed by atoms with van der Waals surface area (Å²) in [7, 11) is 1.78. The summed E-state index contributed by atoms with van der Waals surface area (Å²) in [6, 6.07) is 6.67. The number of ether oxygens (including phenoxy) is 1. The molecule has 7 heteroatoms. The van der Waals surface area contributed by atoms with Gasteiger partial charge >= 0.3 is 0 Å². The third-order valence-electron chi connectivity index (χ3n) is 8.56. The van der Waals surface area contributed by atoms with E-state index >= 15 is 0 Å². The highest BCUT2D eigenvalue weighted by molar-refractivity contribution is 5.95. The lowest BCUT2D eigenvalue weighted by atomic mass is 9.76. The first-order chi connectivity index (χ1) is 17.5. The maximum Gasteiger partial charge on any atom is 0.272 e. The molecule has 192 valence electrons. The van der Waals surface area contributed by atoms with Crippen LogP contribution in [0.5, 0.6) is 0 Å². The predicted molar refractivity (Wildman–Crippen MR) is 142 cm³/mol. The van der Waals surface area contributed by atoms with Crippen molar-refractivity contribution >= 4 is 17.4 Å². The number of benzene rings is 1. The number of carbonyl (C=O) groups excluding carboxylic acids is 1. The highest BCUT2D eigenvalue weighted by atomic mass is 16.5. The van der Waals surface area contributed by atoms with E-state index < -0.39 is 0 Å². The van der Waals surface area contributed by atoms with E-state index in [2.05, 4.69) is 40.0 Å². The van der Waals surface area contributed by atoms with Crippen molar-refractivity contribution in [3.8, 4) is 0 Å². The van der Waals surface area contributed by atoms with Crippen molar-refractivity contribution in [2.75, 3.05) is 31.6 Å². The molecule has 0 bridgehead atoms. The van der Waals surface area contributed by atoms with E-state index in [9.17, 15) is 4.79 Å². The first kappa shape index (κ1) is 24.9. The van der Waals surface area contributed by atoms with E-state index in [1.807, 2.05) is 11.8 Å². The average Bonchev–Trinajstić information content (AvgIpc) is 2.92. The summed E-state index contributed by atoms with van der Waals surface area (Å²) >= 11 is 0. The molecule has 3 heterocycles. The molecule has 2 atom stereocenters. The van der Waals surface area contributed by atoms with Crippen molar-refractivity contribution in [2.45, 2.75) is 71.4 Å². The van der Waals surface area contributed by atoms with Gasteiger partial charge in [-0.3, -0.25) is 4.79 Å². The number of methoxy groups -OCH3 is 1. The molecule has 5 rings (SSSR count). The maximum absolute atomic E-state index is 13.5. The first-order valence-electron chi connectivity index (χ1n) is 13.5. The average molecular weight is 490 g/mol. The molecule has 2 aliphatic heterocycles. The molecule has 1 amide bonds. The molecule has 7 nitrogen and oxygen atoms in total. The Kier molecular flexibility index (Phi) is 7.37. The SMILES string of the molecule is COC1CCCCC1C(=N)C1CCN(C(=O)c2ncnc(N3CCc4ccc(C)cc4C3)c2C)CC1. The second-order valence-corrected chi connectivity index (χ2v) is 10.8. The van der Waals surface area contributed by atoms with Crippen molar-refractivity contribution in [2.24, 2.45) is 11.8 Å². The van der Waals surface area contributed by atoms with E-state index in [-0.39, 0.29) is 23.8 Å². The van der Waals surface area contributed by atoms with Gasteiger partial charge in [0.25, 0.3) is 5.91 Å². The number of amides is 1. The standard InChI is InChI=1S/C29H39N5O2/c1-19-8-9-21-10-15-34(17-23(21)16-19)28-20(2)27(31-18-32-28)29(35)33-13-11-22(12-14-33)26(30)24-6-4-5-7-25(24)36-3/h8-9,16,18,22,24-25,30H,4-7,10-15,17H2,1-3H3. The summed E-state index contributed by atoms with van der Waals surface area (Å²) in [5.41, 5.74) is 6.22. The van der Waals surface area contributed by atoms with Crippen LogP contribution < -0.4 is 4.90 Å². The summed E-state index contributed by atoms with van der Waals surface area (Å²) in [6.45, 7) is 7.14. The summed E-state index contributed by atoms with van der Waals surface area (Å²) in [6.07, 6.45) is 8.87. The quantitative estimate of drug-likeness (QED) is 0.614. The van der Waals surface area contributed by atoms with Crippen LogP contribution in [-0.4, -0.2) is 59.3 Å². The summed E-state index contributed by atoms with van der Waals surface area (Å²) in [5, 5.41) is 8.88. The molecule has 1 saturated heterocycles. The second kappa shape index (κ2) is 10.7. The van der Waals surface area contributed by atoms with Crippen LogP contribution in [0, 0.1) is 31.1 Å². The van der Waals surface area contributed by atoms with Crippen LogP contribution in [0.15, 0.2) is 24.5 Å². The van der Waals surface area contributed by atoms with E-state index in [0.717, 1.165) is 62.3 Å². The van der Waals surface area contributed by atoms with Gasteiger partial charge in [-0.05, 0) is 57.1 Å². The Balaban J connectivity index is 1.25. The summed E-state index contributed by atoms with van der Waals surface area (Å²) in [5.74, 6) is 1.33. The van der Waals surface area contributed by atoms with Gasteiger partial charge in [0.2, 0.25) is 0 Å². The molecule has 36 heavy (non-hydrogen) atoms. The van der Waals surface area contributed by atoms with Gasteiger partial charge in [0.05, 0.1) is 6.10 Å². The number of rotatable bonds is 5. The molecular formula is C29H39N5O2. The zero-order chi connectivity index (χ0) is 25.2. The van der Waals surface area contributed by atoms with Gasteiger partial charge in [0.1, 0.15) is 17.8 Å². The molecule has 1 N–H and O–H groups in total. The minimum Gasteiger partial charge on any atom is -0.381 e. The predicted octanol–water partition coefficient (Wildman–Crippen LogP) is 4.73. The van der Waals surface area contributed by atoms with Gasteiger partial charge in [0.15, 0.2) is 0 Å². The molecule has 1 aromatic carbocycles. The Morgan fingerprint density at radius 3 is 2.58 bits per heavy atom. The van der Waals surface area contributed by atoms with Crippen LogP contribution >= 0.6 is 0 Å². The van der Waals surface area contributed by atoms with Gasteiger partial charge in [-0.2, -0.15) is 0 Å². The number of hydrogen-bond donors (Lipinski definition) is 1. The number of piperidine rings is 1. The van der Waals surface area contributed by atoms with Crippen LogP contribution in [0.3, 0.4) is 0 Å². The monoisotopic (exact) mass is 489 g/mol. The summed E-state index contributed by atoms with van der Waals surface area (Å²) in [4.78, 5) is 26.7. The molecular weight excluding hydrogens is 450 g/mol. The van der Waals surface area contributed by atoms with Crippen LogP contribution in [0.25, 0.3) is 0 Å². The highest BCUT2D eigenvalue weighted by Crippen LogP contribution is 2.33. The van der Waals surface area contributed by atoms with Crippen molar-refractivity contribution < 1.29 is 9.53 Å². The molecule has 3 aliphatic rings. The van der Waals surface area contributed by atoms with E-state index in [4.69, 9.17) is 10.1 Å². The molecule has 2 fully saturated rings. The first-order valence-corrected chi connectivity index (χ1v) is 13.5. The fourth-order valence-electron chi connectivity index (χ4n) is 6.42. The van der Waals surface area contributed by atoms with Crippen LogP contribution in [0.1, 0.15) is 71.3 Å². The molecule has 2 unspecified atom stereocenters. The molecule has 0 radical (unpaired) electrons. The number of carbonyl (C=O) groups is 1. The lowest BCUT2D eigenvalue weighted by Gasteiger charge is -2.38. The lowest BCUT2D eigenvalue weighted by Crippen LogP contribution is -2.44. The second-order valence-electron chi connectivity index (χ2n) is 10.8. The third kappa shape index (κ3) is 4.90. The number of likely N-dealkylation sites (tertiary alicyclic amines) is 1. The minimum absolute atomic E-state index is 0.0122. The van der Waals surface area contributed by atoms with Crippen LogP contribution in [-0.2, 0) is 17.7 Å². The van der Waals surface area contributed by atoms with E-state index in [0.29, 0.717) is 18.8 Å².